The van der Waals surface area contributed by atoms with Crippen molar-refractivity contribution in [3.05, 3.63) is 88.6 Å². The lowest BCUT2D eigenvalue weighted by molar-refractivity contribution is -0.0539. The quantitative estimate of drug-likeness (QED) is 0.535. The molecule has 3 fully saturated rings. The predicted molar refractivity (Wildman–Crippen MR) is 144 cm³/mol. The molecule has 5 rings (SSSR count). The fourth-order valence-corrected chi connectivity index (χ4v) is 7.17. The normalized spacial score (nSPS) is 25.5. The maximum absolute atomic E-state index is 14.1. The van der Waals surface area contributed by atoms with Gasteiger partial charge in [-0.25, -0.2) is 8.78 Å². The zero-order chi connectivity index (χ0) is 25.4. The summed E-state index contributed by atoms with van der Waals surface area (Å²) in [5, 5.41) is 3.33. The van der Waals surface area contributed by atoms with E-state index in [1.807, 2.05) is 0 Å². The van der Waals surface area contributed by atoms with Crippen LogP contribution in [0.1, 0.15) is 38.7 Å². The van der Waals surface area contributed by atoms with Crippen molar-refractivity contribution in [1.82, 2.24) is 20.0 Å². The van der Waals surface area contributed by atoms with Crippen LogP contribution in [0.2, 0.25) is 0 Å². The monoisotopic (exact) mass is 510 g/mol. The van der Waals surface area contributed by atoms with E-state index in [0.717, 1.165) is 53.7 Å². The Bertz CT molecular complexity index is 1150. The first-order valence-electron chi connectivity index (χ1n) is 12.9. The molecule has 0 aromatic heterocycles. The van der Waals surface area contributed by atoms with Crippen molar-refractivity contribution in [1.29, 1.82) is 0 Å². The minimum atomic E-state index is -0.559. The second kappa shape index (κ2) is 10.6. The number of piperazine rings is 1. The largest absolute Gasteiger partial charge is 0.343 e. The number of nitrogens with one attached hydrogen (secondary N) is 1. The molecule has 4 heterocycles. The maximum atomic E-state index is 14.1. The van der Waals surface area contributed by atoms with Crippen molar-refractivity contribution >= 4 is 11.8 Å². The van der Waals surface area contributed by atoms with E-state index in [4.69, 9.17) is 0 Å². The summed E-state index contributed by atoms with van der Waals surface area (Å²) >= 11 is 2.07. The minimum absolute atomic E-state index is 0.285. The van der Waals surface area contributed by atoms with E-state index < -0.39 is 11.6 Å². The summed E-state index contributed by atoms with van der Waals surface area (Å²) in [6.07, 6.45) is 6.12. The van der Waals surface area contributed by atoms with E-state index in [1.54, 1.807) is 0 Å². The summed E-state index contributed by atoms with van der Waals surface area (Å²) in [6.45, 7) is 15.8. The highest BCUT2D eigenvalue weighted by Gasteiger charge is 2.45. The average Bonchev–Trinajstić information content (AvgIpc) is 2.87. The molecule has 4 aliphatic heterocycles. The van der Waals surface area contributed by atoms with Gasteiger partial charge in [0.05, 0.1) is 12.2 Å². The summed E-state index contributed by atoms with van der Waals surface area (Å²) in [4.78, 5) is 7.64. The van der Waals surface area contributed by atoms with Crippen LogP contribution in [0.5, 0.6) is 0 Å². The summed E-state index contributed by atoms with van der Waals surface area (Å²) < 4.78 is 27.3. The first kappa shape index (κ1) is 25.3. The number of benzene rings is 1. The number of thioether (sulfide) groups is 1. The van der Waals surface area contributed by atoms with E-state index in [0.29, 0.717) is 30.7 Å². The van der Waals surface area contributed by atoms with Gasteiger partial charge in [-0.1, -0.05) is 19.2 Å². The number of fused-ring (bicyclic) bond motifs is 2. The second-order valence-electron chi connectivity index (χ2n) is 10.2. The molecular formula is C29H36F2N4S. The SMILES string of the molecule is C=C=C1C2=C(C)C(=C)C(CNCc3ccc(F)cc3F)=CN2CC2N(C3CCSCC3)CCC(C)N12. The van der Waals surface area contributed by atoms with E-state index in [2.05, 4.69) is 70.7 Å². The number of hydrogen-bond donors (Lipinski definition) is 1. The lowest BCUT2D eigenvalue weighted by Crippen LogP contribution is -2.66. The van der Waals surface area contributed by atoms with Gasteiger partial charge in [-0.2, -0.15) is 11.8 Å². The molecule has 0 aliphatic carbocycles. The molecule has 0 amide bonds. The highest BCUT2D eigenvalue weighted by atomic mass is 32.2. The van der Waals surface area contributed by atoms with Gasteiger partial charge in [-0.05, 0) is 67.4 Å². The van der Waals surface area contributed by atoms with Crippen LogP contribution in [0.4, 0.5) is 8.78 Å². The molecule has 0 saturated carbocycles. The Morgan fingerprint density at radius 3 is 2.67 bits per heavy atom. The van der Waals surface area contributed by atoms with Gasteiger partial charge in [-0.3, -0.25) is 4.90 Å². The number of allylic oxidation sites excluding steroid dienone is 1. The second-order valence-corrected chi connectivity index (χ2v) is 11.5. The van der Waals surface area contributed by atoms with Crippen LogP contribution < -0.4 is 5.32 Å². The summed E-state index contributed by atoms with van der Waals surface area (Å²) in [5.74, 6) is 1.40. The van der Waals surface area contributed by atoms with Crippen molar-refractivity contribution in [3.8, 4) is 0 Å². The first-order valence-corrected chi connectivity index (χ1v) is 14.1. The highest BCUT2D eigenvalue weighted by Crippen LogP contribution is 2.42. The van der Waals surface area contributed by atoms with Crippen molar-refractivity contribution in [2.45, 2.75) is 57.9 Å². The molecule has 1 aromatic carbocycles. The van der Waals surface area contributed by atoms with Crippen molar-refractivity contribution in [3.63, 3.8) is 0 Å². The number of rotatable bonds is 5. The fourth-order valence-electron chi connectivity index (χ4n) is 6.09. The van der Waals surface area contributed by atoms with Crippen LogP contribution in [0.3, 0.4) is 0 Å². The minimum Gasteiger partial charge on any atom is -0.343 e. The number of halogens is 2. The Morgan fingerprint density at radius 2 is 1.94 bits per heavy atom. The maximum Gasteiger partial charge on any atom is 0.130 e. The lowest BCUT2D eigenvalue weighted by Gasteiger charge is -2.57. The third-order valence-electron chi connectivity index (χ3n) is 8.09. The molecular weight excluding hydrogens is 474 g/mol. The van der Waals surface area contributed by atoms with E-state index in [9.17, 15) is 8.78 Å². The first-order chi connectivity index (χ1) is 17.4. The van der Waals surface area contributed by atoms with Crippen molar-refractivity contribution < 1.29 is 8.78 Å². The van der Waals surface area contributed by atoms with Crippen LogP contribution in [0.15, 0.2) is 71.4 Å². The van der Waals surface area contributed by atoms with E-state index >= 15 is 0 Å². The van der Waals surface area contributed by atoms with Gasteiger partial charge >= 0.3 is 0 Å². The highest BCUT2D eigenvalue weighted by molar-refractivity contribution is 7.99. The van der Waals surface area contributed by atoms with Gasteiger partial charge in [0.1, 0.15) is 23.5 Å². The zero-order valence-electron chi connectivity index (χ0n) is 21.3. The molecule has 2 atom stereocenters. The third kappa shape index (κ3) is 4.70. The van der Waals surface area contributed by atoms with Crippen LogP contribution in [-0.2, 0) is 6.54 Å². The van der Waals surface area contributed by atoms with Gasteiger partial charge in [0, 0.05) is 49.5 Å². The molecule has 4 nitrogen and oxygen atoms in total. The van der Waals surface area contributed by atoms with Crippen LogP contribution in [0.25, 0.3) is 0 Å². The predicted octanol–water partition coefficient (Wildman–Crippen LogP) is 5.38. The third-order valence-corrected chi connectivity index (χ3v) is 9.14. The smallest absolute Gasteiger partial charge is 0.130 e. The Balaban J connectivity index is 1.38. The summed E-state index contributed by atoms with van der Waals surface area (Å²) in [7, 11) is 0. The number of hydrogen-bond acceptors (Lipinski definition) is 5. The molecule has 0 bridgehead atoms. The summed E-state index contributed by atoms with van der Waals surface area (Å²) in [6, 6.07) is 4.78. The zero-order valence-corrected chi connectivity index (χ0v) is 22.1. The van der Waals surface area contributed by atoms with E-state index in [-0.39, 0.29) is 6.17 Å². The average molecular weight is 511 g/mol. The molecule has 7 heteroatoms. The Kier molecular flexibility index (Phi) is 7.45. The molecule has 192 valence electrons. The van der Waals surface area contributed by atoms with Crippen LogP contribution >= 0.6 is 11.8 Å². The Hall–Kier alpha value is -2.31. The molecule has 0 spiro atoms. The van der Waals surface area contributed by atoms with Crippen molar-refractivity contribution in [2.75, 3.05) is 31.1 Å². The van der Waals surface area contributed by atoms with Crippen LogP contribution in [0, 0.1) is 11.6 Å². The van der Waals surface area contributed by atoms with Crippen molar-refractivity contribution in [2.24, 2.45) is 0 Å². The topological polar surface area (TPSA) is 21.8 Å². The van der Waals surface area contributed by atoms with Gasteiger partial charge in [0.15, 0.2) is 0 Å². The summed E-state index contributed by atoms with van der Waals surface area (Å²) in [5.41, 5.74) is 9.16. The molecule has 36 heavy (non-hydrogen) atoms. The standard InChI is InChI=1S/C29H36F2N4S/c1-5-27-29-21(4)20(3)23(16-32-15-22-6-7-24(30)14-26(22)31)17-33(29)18-28-34(11-8-19(2)35(27)28)25-9-12-36-13-10-25/h6-7,14,17,19,25,28,32H,1,3,8-13,15-16,18H2,2,4H3. The molecule has 0 radical (unpaired) electrons. The Labute approximate surface area is 218 Å². The molecule has 2 unspecified atom stereocenters. The molecule has 1 N–H and O–H groups in total. The molecule has 3 saturated heterocycles. The van der Waals surface area contributed by atoms with E-state index in [1.165, 1.54) is 36.5 Å². The van der Waals surface area contributed by atoms with Gasteiger partial charge in [0.25, 0.3) is 0 Å². The van der Waals surface area contributed by atoms with Gasteiger partial charge < -0.3 is 15.1 Å². The van der Waals surface area contributed by atoms with Crippen LogP contribution in [-0.4, -0.2) is 64.1 Å². The van der Waals surface area contributed by atoms with Gasteiger partial charge in [0.2, 0.25) is 0 Å². The molecule has 1 aromatic rings. The lowest BCUT2D eigenvalue weighted by atomic mass is 9.90. The Morgan fingerprint density at radius 1 is 1.17 bits per heavy atom. The number of nitrogens with zero attached hydrogens (tertiary/aromatic N) is 3. The molecule has 4 aliphatic rings. The van der Waals surface area contributed by atoms with Gasteiger partial charge in [-0.15, -0.1) is 5.73 Å². The fraction of sp³-hybridized carbons (Fsp3) is 0.483.